The van der Waals surface area contributed by atoms with Crippen molar-refractivity contribution in [3.05, 3.63) is 29.8 Å². The van der Waals surface area contributed by atoms with Gasteiger partial charge in [-0.05, 0) is 62.6 Å². The Morgan fingerprint density at radius 3 is 2.40 bits per heavy atom. The van der Waals surface area contributed by atoms with Crippen LogP contribution in [-0.4, -0.2) is 12.1 Å². The Morgan fingerprint density at radius 1 is 1.20 bits per heavy atom. The molecule has 1 aliphatic rings. The van der Waals surface area contributed by atoms with Crippen LogP contribution in [0.25, 0.3) is 0 Å². The topological polar surface area (TPSA) is 21.3 Å². The first-order valence-corrected chi connectivity index (χ1v) is 7.94. The number of rotatable bonds is 8. The minimum absolute atomic E-state index is 0.270. The first-order valence-electron chi connectivity index (χ1n) is 7.94. The molecule has 1 N–H and O–H groups in total. The second kappa shape index (κ2) is 6.62. The molecule has 2 heteroatoms. The zero-order valence-corrected chi connectivity index (χ0v) is 13.4. The summed E-state index contributed by atoms with van der Waals surface area (Å²) in [5.41, 5.74) is 1.60. The summed E-state index contributed by atoms with van der Waals surface area (Å²) in [6.45, 7) is 10.8. The monoisotopic (exact) mass is 275 g/mol. The lowest BCUT2D eigenvalue weighted by atomic mass is 9.98. The summed E-state index contributed by atoms with van der Waals surface area (Å²) in [5.74, 6) is 2.54. The van der Waals surface area contributed by atoms with Crippen molar-refractivity contribution in [1.82, 2.24) is 5.32 Å². The van der Waals surface area contributed by atoms with E-state index in [4.69, 9.17) is 4.74 Å². The van der Waals surface area contributed by atoms with Gasteiger partial charge in [-0.15, -0.1) is 0 Å². The average molecular weight is 275 g/mol. The van der Waals surface area contributed by atoms with Gasteiger partial charge in [0.1, 0.15) is 5.75 Å². The Morgan fingerprint density at radius 2 is 1.85 bits per heavy atom. The molecule has 0 spiro atoms. The molecule has 112 valence electrons. The van der Waals surface area contributed by atoms with Crippen LogP contribution in [0.4, 0.5) is 0 Å². The zero-order valence-electron chi connectivity index (χ0n) is 13.4. The molecule has 0 saturated heterocycles. The first kappa shape index (κ1) is 15.4. The number of hydrogen-bond donors (Lipinski definition) is 1. The van der Waals surface area contributed by atoms with Crippen LogP contribution in [0.3, 0.4) is 0 Å². The Bertz CT molecular complexity index is 404. The van der Waals surface area contributed by atoms with E-state index in [9.17, 15) is 0 Å². The number of benzene rings is 1. The Kier molecular flexibility index (Phi) is 5.09. The summed E-state index contributed by atoms with van der Waals surface area (Å²) < 4.78 is 5.75. The Balaban J connectivity index is 1.76. The van der Waals surface area contributed by atoms with Gasteiger partial charge in [-0.3, -0.25) is 0 Å². The molecule has 0 heterocycles. The maximum atomic E-state index is 5.75. The molecule has 0 unspecified atom stereocenters. The summed E-state index contributed by atoms with van der Waals surface area (Å²) in [6, 6.07) is 8.50. The summed E-state index contributed by atoms with van der Waals surface area (Å²) in [4.78, 5) is 0. The molecule has 1 saturated carbocycles. The summed E-state index contributed by atoms with van der Waals surface area (Å²) in [5, 5.41) is 3.67. The highest BCUT2D eigenvalue weighted by Crippen LogP contribution is 2.39. The number of nitrogens with one attached hydrogen (secondary N) is 1. The van der Waals surface area contributed by atoms with Crippen molar-refractivity contribution in [3.63, 3.8) is 0 Å². The van der Waals surface area contributed by atoms with Crippen molar-refractivity contribution < 1.29 is 4.74 Å². The first-order chi connectivity index (χ1) is 9.47. The van der Waals surface area contributed by atoms with E-state index >= 15 is 0 Å². The van der Waals surface area contributed by atoms with E-state index in [0.717, 1.165) is 31.2 Å². The standard InChI is InChI=1S/C18H29NO/c1-14(2)11-12-20-17-9-5-15(6-10-17)13-19-18(3,4)16-7-8-16/h5-6,9-10,14,16,19H,7-8,11-13H2,1-4H3. The van der Waals surface area contributed by atoms with E-state index in [1.807, 2.05) is 0 Å². The fourth-order valence-electron chi connectivity index (χ4n) is 2.40. The minimum atomic E-state index is 0.270. The fraction of sp³-hybridized carbons (Fsp3) is 0.667. The number of ether oxygens (including phenoxy) is 1. The summed E-state index contributed by atoms with van der Waals surface area (Å²) in [7, 11) is 0. The Hall–Kier alpha value is -1.02. The average Bonchev–Trinajstić information content (AvgIpc) is 3.22. The lowest BCUT2D eigenvalue weighted by molar-refractivity contribution is 0.289. The largest absolute Gasteiger partial charge is 0.494 e. The van der Waals surface area contributed by atoms with Crippen molar-refractivity contribution >= 4 is 0 Å². The van der Waals surface area contributed by atoms with Gasteiger partial charge in [0.2, 0.25) is 0 Å². The van der Waals surface area contributed by atoms with Crippen LogP contribution in [0, 0.1) is 11.8 Å². The molecule has 1 aliphatic carbocycles. The second-order valence-electron chi connectivity index (χ2n) is 7.02. The second-order valence-corrected chi connectivity index (χ2v) is 7.02. The molecule has 0 amide bonds. The SMILES string of the molecule is CC(C)CCOc1ccc(CNC(C)(C)C2CC2)cc1. The highest BCUT2D eigenvalue weighted by molar-refractivity contribution is 5.27. The van der Waals surface area contributed by atoms with E-state index in [1.165, 1.54) is 18.4 Å². The third-order valence-electron chi connectivity index (χ3n) is 4.23. The summed E-state index contributed by atoms with van der Waals surface area (Å²) in [6.07, 6.45) is 3.87. The normalized spacial score (nSPS) is 15.7. The van der Waals surface area contributed by atoms with Crippen molar-refractivity contribution in [2.24, 2.45) is 11.8 Å². The molecule has 0 radical (unpaired) electrons. The Labute approximate surface area is 123 Å². The van der Waals surface area contributed by atoms with Crippen LogP contribution in [-0.2, 0) is 6.54 Å². The maximum absolute atomic E-state index is 5.75. The van der Waals surface area contributed by atoms with Crippen LogP contribution in [0.15, 0.2) is 24.3 Å². The van der Waals surface area contributed by atoms with Crippen LogP contribution in [0.2, 0.25) is 0 Å². The molecule has 20 heavy (non-hydrogen) atoms. The van der Waals surface area contributed by atoms with Crippen LogP contribution >= 0.6 is 0 Å². The van der Waals surface area contributed by atoms with Gasteiger partial charge in [0, 0.05) is 12.1 Å². The third kappa shape index (κ3) is 4.82. The van der Waals surface area contributed by atoms with Crippen LogP contribution < -0.4 is 10.1 Å². The highest BCUT2D eigenvalue weighted by atomic mass is 16.5. The van der Waals surface area contributed by atoms with Gasteiger partial charge >= 0.3 is 0 Å². The zero-order chi connectivity index (χ0) is 14.6. The van der Waals surface area contributed by atoms with Crippen molar-refractivity contribution in [3.8, 4) is 5.75 Å². The van der Waals surface area contributed by atoms with Crippen LogP contribution in [0.1, 0.15) is 52.5 Å². The predicted octanol–water partition coefficient (Wildman–Crippen LogP) is 4.39. The molecular formula is C18H29NO. The molecule has 1 aromatic carbocycles. The van der Waals surface area contributed by atoms with Gasteiger partial charge in [0.25, 0.3) is 0 Å². The van der Waals surface area contributed by atoms with Gasteiger partial charge < -0.3 is 10.1 Å². The lowest BCUT2D eigenvalue weighted by Gasteiger charge is -2.26. The molecule has 0 atom stereocenters. The summed E-state index contributed by atoms with van der Waals surface area (Å²) >= 11 is 0. The molecule has 1 aromatic rings. The molecular weight excluding hydrogens is 246 g/mol. The highest BCUT2D eigenvalue weighted by Gasteiger charge is 2.36. The molecule has 0 bridgehead atoms. The molecule has 2 nitrogen and oxygen atoms in total. The fourth-order valence-corrected chi connectivity index (χ4v) is 2.40. The minimum Gasteiger partial charge on any atom is -0.494 e. The number of hydrogen-bond acceptors (Lipinski definition) is 2. The van der Waals surface area contributed by atoms with E-state index < -0.39 is 0 Å². The molecule has 0 aromatic heterocycles. The van der Waals surface area contributed by atoms with Crippen LogP contribution in [0.5, 0.6) is 5.75 Å². The van der Waals surface area contributed by atoms with Crippen molar-refractivity contribution in [2.75, 3.05) is 6.61 Å². The van der Waals surface area contributed by atoms with E-state index in [-0.39, 0.29) is 5.54 Å². The predicted molar refractivity (Wildman–Crippen MR) is 85.0 cm³/mol. The third-order valence-corrected chi connectivity index (χ3v) is 4.23. The van der Waals surface area contributed by atoms with E-state index in [1.54, 1.807) is 0 Å². The quantitative estimate of drug-likeness (QED) is 0.759. The van der Waals surface area contributed by atoms with Gasteiger partial charge in [0.15, 0.2) is 0 Å². The van der Waals surface area contributed by atoms with Gasteiger partial charge in [0.05, 0.1) is 6.61 Å². The van der Waals surface area contributed by atoms with Gasteiger partial charge in [-0.2, -0.15) is 0 Å². The molecule has 2 rings (SSSR count). The van der Waals surface area contributed by atoms with E-state index in [2.05, 4.69) is 57.3 Å². The maximum Gasteiger partial charge on any atom is 0.119 e. The molecule has 0 aliphatic heterocycles. The molecule has 1 fully saturated rings. The van der Waals surface area contributed by atoms with E-state index in [0.29, 0.717) is 5.92 Å². The van der Waals surface area contributed by atoms with Gasteiger partial charge in [-0.25, -0.2) is 0 Å². The van der Waals surface area contributed by atoms with Crippen molar-refractivity contribution in [2.45, 2.75) is 59.0 Å². The van der Waals surface area contributed by atoms with Gasteiger partial charge in [-0.1, -0.05) is 26.0 Å². The smallest absolute Gasteiger partial charge is 0.119 e. The lowest BCUT2D eigenvalue weighted by Crippen LogP contribution is -2.40. The van der Waals surface area contributed by atoms with Crippen molar-refractivity contribution in [1.29, 1.82) is 0 Å².